The Labute approximate surface area is 68.9 Å². The fraction of sp³-hybridized carbons (Fsp3) is 0.375. The molecule has 0 saturated carbocycles. The highest BCUT2D eigenvalue weighted by atomic mass is 19.3. The van der Waals surface area contributed by atoms with Crippen LogP contribution in [0.25, 0.3) is 0 Å². The standard InChI is InChI=1S/C8H9F2NO/c1-5-2-3-11-4-6(5)7(12)8(9)10/h2-4,7-8,12H,1H3. The number of nitrogens with zero attached hydrogens (tertiary/aromatic N) is 1. The van der Waals surface area contributed by atoms with Crippen LogP contribution in [0.2, 0.25) is 0 Å². The lowest BCUT2D eigenvalue weighted by atomic mass is 10.1. The van der Waals surface area contributed by atoms with Gasteiger partial charge in [-0.1, -0.05) is 0 Å². The molecule has 1 unspecified atom stereocenters. The summed E-state index contributed by atoms with van der Waals surface area (Å²) in [6, 6.07) is 1.58. The van der Waals surface area contributed by atoms with Crippen LogP contribution in [0, 0.1) is 6.92 Å². The zero-order valence-electron chi connectivity index (χ0n) is 6.54. The lowest BCUT2D eigenvalue weighted by Crippen LogP contribution is -2.09. The average Bonchev–Trinajstić information content (AvgIpc) is 2.04. The number of alkyl halides is 2. The largest absolute Gasteiger partial charge is 0.382 e. The second-order valence-electron chi connectivity index (χ2n) is 2.51. The van der Waals surface area contributed by atoms with Crippen molar-refractivity contribution in [1.82, 2.24) is 4.98 Å². The molecule has 66 valence electrons. The van der Waals surface area contributed by atoms with Gasteiger partial charge in [0, 0.05) is 18.0 Å². The zero-order chi connectivity index (χ0) is 9.14. The number of aromatic nitrogens is 1. The first kappa shape index (κ1) is 9.06. The van der Waals surface area contributed by atoms with Crippen LogP contribution >= 0.6 is 0 Å². The van der Waals surface area contributed by atoms with Gasteiger partial charge in [0.25, 0.3) is 6.43 Å². The van der Waals surface area contributed by atoms with Crippen LogP contribution in [0.4, 0.5) is 8.78 Å². The first-order valence-corrected chi connectivity index (χ1v) is 3.49. The molecule has 0 bridgehead atoms. The van der Waals surface area contributed by atoms with Gasteiger partial charge >= 0.3 is 0 Å². The zero-order valence-corrected chi connectivity index (χ0v) is 6.54. The molecule has 2 nitrogen and oxygen atoms in total. The maximum Gasteiger partial charge on any atom is 0.268 e. The van der Waals surface area contributed by atoms with E-state index in [2.05, 4.69) is 4.98 Å². The number of pyridine rings is 1. The summed E-state index contributed by atoms with van der Waals surface area (Å²) >= 11 is 0. The smallest absolute Gasteiger partial charge is 0.268 e. The van der Waals surface area contributed by atoms with Crippen LogP contribution in [-0.4, -0.2) is 16.5 Å². The van der Waals surface area contributed by atoms with Crippen LogP contribution in [0.3, 0.4) is 0 Å². The number of aliphatic hydroxyl groups excluding tert-OH is 1. The van der Waals surface area contributed by atoms with E-state index in [0.717, 1.165) is 0 Å². The van der Waals surface area contributed by atoms with E-state index in [1.165, 1.54) is 12.4 Å². The first-order chi connectivity index (χ1) is 5.63. The molecule has 0 amide bonds. The van der Waals surface area contributed by atoms with Gasteiger partial charge in [-0.15, -0.1) is 0 Å². The van der Waals surface area contributed by atoms with Crippen molar-refractivity contribution in [2.45, 2.75) is 19.5 Å². The summed E-state index contributed by atoms with van der Waals surface area (Å²) in [5.74, 6) is 0. The highest BCUT2D eigenvalue weighted by Gasteiger charge is 2.20. The second-order valence-corrected chi connectivity index (χ2v) is 2.51. The highest BCUT2D eigenvalue weighted by Crippen LogP contribution is 2.21. The number of aryl methyl sites for hydroxylation is 1. The summed E-state index contributed by atoms with van der Waals surface area (Å²) in [6.45, 7) is 1.66. The maximum atomic E-state index is 12.0. The van der Waals surface area contributed by atoms with Gasteiger partial charge in [0.05, 0.1) is 0 Å². The summed E-state index contributed by atoms with van der Waals surface area (Å²) in [5, 5.41) is 8.99. The van der Waals surface area contributed by atoms with Crippen molar-refractivity contribution in [2.24, 2.45) is 0 Å². The SMILES string of the molecule is Cc1ccncc1C(O)C(F)F. The lowest BCUT2D eigenvalue weighted by Gasteiger charge is -2.10. The van der Waals surface area contributed by atoms with E-state index in [0.29, 0.717) is 5.56 Å². The molecule has 1 rings (SSSR count). The Morgan fingerprint density at radius 2 is 2.17 bits per heavy atom. The predicted molar refractivity (Wildman–Crippen MR) is 39.9 cm³/mol. The molecule has 1 aromatic rings. The van der Waals surface area contributed by atoms with Gasteiger partial charge in [0.15, 0.2) is 0 Å². The van der Waals surface area contributed by atoms with E-state index in [9.17, 15) is 8.78 Å². The fourth-order valence-corrected chi connectivity index (χ4v) is 0.922. The Kier molecular flexibility index (Phi) is 2.70. The number of halogens is 2. The summed E-state index contributed by atoms with van der Waals surface area (Å²) in [7, 11) is 0. The van der Waals surface area contributed by atoms with Crippen LogP contribution < -0.4 is 0 Å². The maximum absolute atomic E-state index is 12.0. The van der Waals surface area contributed by atoms with Gasteiger partial charge in [-0.25, -0.2) is 8.78 Å². The molecular weight excluding hydrogens is 164 g/mol. The quantitative estimate of drug-likeness (QED) is 0.738. The van der Waals surface area contributed by atoms with Gasteiger partial charge in [-0.2, -0.15) is 0 Å². The molecule has 0 aliphatic heterocycles. The van der Waals surface area contributed by atoms with Gasteiger partial charge in [-0.3, -0.25) is 4.98 Å². The minimum atomic E-state index is -2.76. The molecule has 4 heteroatoms. The summed E-state index contributed by atoms with van der Waals surface area (Å²) in [5.41, 5.74) is 0.810. The van der Waals surface area contributed by atoms with Crippen LogP contribution in [0.15, 0.2) is 18.5 Å². The lowest BCUT2D eigenvalue weighted by molar-refractivity contribution is -0.00631. The van der Waals surface area contributed by atoms with Gasteiger partial charge in [-0.05, 0) is 18.6 Å². The van der Waals surface area contributed by atoms with E-state index >= 15 is 0 Å². The molecular formula is C8H9F2NO. The molecule has 0 spiro atoms. The van der Waals surface area contributed by atoms with Crippen LogP contribution in [0.5, 0.6) is 0 Å². The number of hydrogen-bond donors (Lipinski definition) is 1. The summed E-state index contributed by atoms with van der Waals surface area (Å²) in [4.78, 5) is 3.66. The molecule has 0 fully saturated rings. The summed E-state index contributed by atoms with van der Waals surface area (Å²) in [6.07, 6.45) is -1.73. The monoisotopic (exact) mass is 173 g/mol. The topological polar surface area (TPSA) is 33.1 Å². The first-order valence-electron chi connectivity index (χ1n) is 3.49. The van der Waals surface area contributed by atoms with Gasteiger partial charge < -0.3 is 5.11 Å². The second kappa shape index (κ2) is 3.58. The predicted octanol–water partition coefficient (Wildman–Crippen LogP) is 1.69. The van der Waals surface area contributed by atoms with Crippen molar-refractivity contribution in [1.29, 1.82) is 0 Å². The van der Waals surface area contributed by atoms with Crippen LogP contribution in [-0.2, 0) is 0 Å². The third-order valence-electron chi connectivity index (χ3n) is 1.64. The molecule has 0 aliphatic carbocycles. The summed E-state index contributed by atoms with van der Waals surface area (Å²) < 4.78 is 24.0. The Morgan fingerprint density at radius 3 is 2.67 bits per heavy atom. The van der Waals surface area contributed by atoms with Crippen LogP contribution in [0.1, 0.15) is 17.2 Å². The van der Waals surface area contributed by atoms with E-state index in [1.807, 2.05) is 0 Å². The molecule has 1 aromatic heterocycles. The molecule has 1 heterocycles. The molecule has 1 N–H and O–H groups in total. The van der Waals surface area contributed by atoms with E-state index < -0.39 is 12.5 Å². The average molecular weight is 173 g/mol. The third-order valence-corrected chi connectivity index (χ3v) is 1.64. The minimum absolute atomic E-state index is 0.188. The van der Waals surface area contributed by atoms with Crippen molar-refractivity contribution in [3.05, 3.63) is 29.6 Å². The van der Waals surface area contributed by atoms with E-state index in [-0.39, 0.29) is 5.56 Å². The Hall–Kier alpha value is -1.03. The van der Waals surface area contributed by atoms with E-state index in [1.54, 1.807) is 13.0 Å². The Morgan fingerprint density at radius 1 is 1.50 bits per heavy atom. The van der Waals surface area contributed by atoms with E-state index in [4.69, 9.17) is 5.11 Å². The number of rotatable bonds is 2. The third kappa shape index (κ3) is 1.76. The molecule has 0 aromatic carbocycles. The molecule has 1 atom stereocenters. The van der Waals surface area contributed by atoms with Crippen molar-refractivity contribution >= 4 is 0 Å². The fourth-order valence-electron chi connectivity index (χ4n) is 0.922. The van der Waals surface area contributed by atoms with Crippen molar-refractivity contribution < 1.29 is 13.9 Å². The Bertz CT molecular complexity index is 265. The number of aliphatic hydroxyl groups is 1. The van der Waals surface area contributed by atoms with Crippen molar-refractivity contribution in [3.8, 4) is 0 Å². The highest BCUT2D eigenvalue weighted by molar-refractivity contribution is 5.23. The minimum Gasteiger partial charge on any atom is -0.382 e. The number of hydrogen-bond acceptors (Lipinski definition) is 2. The Balaban J connectivity index is 2.94. The molecule has 12 heavy (non-hydrogen) atoms. The van der Waals surface area contributed by atoms with Gasteiger partial charge in [0.1, 0.15) is 6.10 Å². The van der Waals surface area contributed by atoms with Gasteiger partial charge in [0.2, 0.25) is 0 Å². The van der Waals surface area contributed by atoms with Crippen molar-refractivity contribution in [2.75, 3.05) is 0 Å². The molecule has 0 saturated heterocycles. The normalized spacial score (nSPS) is 13.4. The molecule has 0 aliphatic rings. The molecule has 0 radical (unpaired) electrons. The van der Waals surface area contributed by atoms with Crippen molar-refractivity contribution in [3.63, 3.8) is 0 Å².